The maximum atomic E-state index is 13.0. The number of rotatable bonds is 2. The average Bonchev–Trinajstić information content (AvgIpc) is 2.70. The van der Waals surface area contributed by atoms with Crippen molar-refractivity contribution >= 4 is 44.0 Å². The highest BCUT2D eigenvalue weighted by atomic mass is 32.2. The summed E-state index contributed by atoms with van der Waals surface area (Å²) in [6, 6.07) is 7.21. The lowest BCUT2D eigenvalue weighted by Gasteiger charge is -2.38. The number of fused-ring (bicyclic) bond motifs is 2. The molecule has 4 rings (SSSR count). The zero-order valence-electron chi connectivity index (χ0n) is 19.0. The molecular weight excluding hydrogens is 446 g/mol. The summed E-state index contributed by atoms with van der Waals surface area (Å²) >= 11 is 0. The Balaban J connectivity index is 1.80. The smallest absolute Gasteiger partial charge is 0.414 e. The van der Waals surface area contributed by atoms with Crippen LogP contribution in [0, 0.1) is 6.92 Å². The number of amides is 1. The highest BCUT2D eigenvalue weighted by Gasteiger charge is 2.32. The maximum absolute atomic E-state index is 13.0. The van der Waals surface area contributed by atoms with Crippen molar-refractivity contribution in [2.75, 3.05) is 29.1 Å². The quantitative estimate of drug-likeness (QED) is 0.566. The number of nitrogens with one attached hydrogen (secondary N) is 1. The summed E-state index contributed by atoms with van der Waals surface area (Å²) in [4.78, 5) is 39.8. The minimum Gasteiger partial charge on any atom is -0.443 e. The highest BCUT2D eigenvalue weighted by Crippen LogP contribution is 2.39. The zero-order chi connectivity index (χ0) is 24.1. The monoisotopic (exact) mass is 471 g/mol. The third-order valence-corrected chi connectivity index (χ3v) is 5.97. The second-order valence-corrected chi connectivity index (χ2v) is 10.8. The fourth-order valence-electron chi connectivity index (χ4n) is 3.74. The summed E-state index contributed by atoms with van der Waals surface area (Å²) < 4.78 is 29.1. The van der Waals surface area contributed by atoms with Gasteiger partial charge >= 0.3 is 6.09 Å². The van der Waals surface area contributed by atoms with Gasteiger partial charge in [-0.1, -0.05) is 12.1 Å². The van der Waals surface area contributed by atoms with Crippen LogP contribution < -0.4 is 15.4 Å². The molecular formula is C22H25N5O5S. The zero-order valence-corrected chi connectivity index (χ0v) is 19.9. The van der Waals surface area contributed by atoms with Crippen LogP contribution >= 0.6 is 0 Å². The van der Waals surface area contributed by atoms with Crippen molar-refractivity contribution in [2.24, 2.45) is 0 Å². The number of pyridine rings is 1. The summed E-state index contributed by atoms with van der Waals surface area (Å²) in [5, 5.41) is 0.131. The molecule has 0 atom stereocenters. The van der Waals surface area contributed by atoms with E-state index in [1.807, 2.05) is 50.8 Å². The molecule has 2 aromatic heterocycles. The van der Waals surface area contributed by atoms with Gasteiger partial charge in [0, 0.05) is 30.9 Å². The molecule has 0 saturated carbocycles. The van der Waals surface area contributed by atoms with Gasteiger partial charge in [-0.05, 0) is 45.4 Å². The molecule has 0 saturated heterocycles. The fraction of sp³-hybridized carbons (Fsp3) is 0.364. The number of aromatic amines is 1. The lowest BCUT2D eigenvalue weighted by molar-refractivity contribution is 0.0580. The van der Waals surface area contributed by atoms with Crippen molar-refractivity contribution in [1.82, 2.24) is 15.0 Å². The molecule has 0 unspecified atom stereocenters. The van der Waals surface area contributed by atoms with E-state index >= 15 is 0 Å². The van der Waals surface area contributed by atoms with E-state index in [-0.39, 0.29) is 10.8 Å². The van der Waals surface area contributed by atoms with E-state index < -0.39 is 27.1 Å². The lowest BCUT2D eigenvalue weighted by atomic mass is 10.1. The van der Waals surface area contributed by atoms with Crippen LogP contribution in [-0.2, 0) is 14.6 Å². The molecule has 1 N–H and O–H groups in total. The Morgan fingerprint density at radius 3 is 2.58 bits per heavy atom. The molecule has 3 aromatic rings. The summed E-state index contributed by atoms with van der Waals surface area (Å²) in [5.41, 5.74) is 1.62. The topological polar surface area (TPSA) is 126 Å². The number of aromatic nitrogens is 3. The van der Waals surface area contributed by atoms with Crippen molar-refractivity contribution in [2.45, 2.75) is 38.5 Å². The predicted molar refractivity (Wildman–Crippen MR) is 125 cm³/mol. The van der Waals surface area contributed by atoms with Crippen LogP contribution in [0.15, 0.2) is 40.4 Å². The van der Waals surface area contributed by atoms with Gasteiger partial charge in [-0.25, -0.2) is 23.2 Å². The minimum atomic E-state index is -3.61. The Morgan fingerprint density at radius 1 is 1.18 bits per heavy atom. The van der Waals surface area contributed by atoms with E-state index in [1.54, 1.807) is 11.0 Å². The summed E-state index contributed by atoms with van der Waals surface area (Å²) in [6.07, 6.45) is 1.92. The minimum absolute atomic E-state index is 0.135. The summed E-state index contributed by atoms with van der Waals surface area (Å²) in [7, 11) is -3.61. The van der Waals surface area contributed by atoms with E-state index in [0.29, 0.717) is 35.5 Å². The van der Waals surface area contributed by atoms with Crippen LogP contribution in [0.4, 0.5) is 21.9 Å². The first-order chi connectivity index (χ1) is 15.3. The van der Waals surface area contributed by atoms with E-state index in [9.17, 15) is 18.0 Å². The summed E-state index contributed by atoms with van der Waals surface area (Å²) in [6.45, 7) is 7.99. The summed E-state index contributed by atoms with van der Waals surface area (Å²) in [5.74, 6) is 0. The average molecular weight is 472 g/mol. The molecule has 10 nitrogen and oxygen atoms in total. The van der Waals surface area contributed by atoms with Gasteiger partial charge < -0.3 is 14.6 Å². The number of carbonyl (C=O) groups is 1. The van der Waals surface area contributed by atoms with Gasteiger partial charge in [-0.15, -0.1) is 0 Å². The molecule has 0 fully saturated rings. The SMILES string of the molecule is Cc1cccc2c1N(C(=O)OC(C)(C)C)CCN2c1cc2cnc(S(C)(=O)=O)nc2[nH]c1=O. The van der Waals surface area contributed by atoms with Crippen molar-refractivity contribution in [3.63, 3.8) is 0 Å². The molecule has 174 valence electrons. The first kappa shape index (κ1) is 22.7. The second kappa shape index (κ2) is 7.84. The number of carbonyl (C=O) groups excluding carboxylic acids is 1. The second-order valence-electron chi connectivity index (χ2n) is 8.94. The molecule has 1 aliphatic rings. The number of aryl methyl sites for hydroxylation is 1. The molecule has 0 radical (unpaired) electrons. The van der Waals surface area contributed by atoms with Crippen molar-refractivity contribution in [3.05, 3.63) is 46.4 Å². The number of hydrogen-bond donors (Lipinski definition) is 1. The van der Waals surface area contributed by atoms with Gasteiger partial charge in [0.05, 0.1) is 11.4 Å². The van der Waals surface area contributed by atoms with Crippen molar-refractivity contribution < 1.29 is 17.9 Å². The van der Waals surface area contributed by atoms with Crippen LogP contribution in [0.25, 0.3) is 11.0 Å². The Hall–Kier alpha value is -3.47. The first-order valence-corrected chi connectivity index (χ1v) is 12.2. The van der Waals surface area contributed by atoms with Gasteiger partial charge in [-0.3, -0.25) is 9.69 Å². The number of hydrogen-bond acceptors (Lipinski definition) is 8. The standard InChI is InChI=1S/C22H25N5O5S/c1-13-7-6-8-15-17(13)27(21(29)32-22(2,3)4)10-9-26(15)16-11-14-12-23-20(33(5,30)31)25-18(14)24-19(16)28/h6-8,11-12H,9-10H2,1-5H3,(H,23,24,25,28). The lowest BCUT2D eigenvalue weighted by Crippen LogP contribution is -2.46. The van der Waals surface area contributed by atoms with E-state index in [4.69, 9.17) is 4.74 Å². The molecule has 0 spiro atoms. The Labute approximate surface area is 191 Å². The Kier molecular flexibility index (Phi) is 5.39. The molecule has 1 aliphatic heterocycles. The molecule has 33 heavy (non-hydrogen) atoms. The molecule has 1 amide bonds. The Morgan fingerprint density at radius 2 is 1.91 bits per heavy atom. The van der Waals surface area contributed by atoms with Gasteiger partial charge in [0.1, 0.15) is 16.9 Å². The van der Waals surface area contributed by atoms with Gasteiger partial charge in [-0.2, -0.15) is 0 Å². The number of anilines is 3. The molecule has 1 aromatic carbocycles. The van der Waals surface area contributed by atoms with E-state index in [2.05, 4.69) is 15.0 Å². The highest BCUT2D eigenvalue weighted by molar-refractivity contribution is 7.90. The predicted octanol–water partition coefficient (Wildman–Crippen LogP) is 2.92. The third kappa shape index (κ3) is 4.40. The van der Waals surface area contributed by atoms with Gasteiger partial charge in [0.15, 0.2) is 0 Å². The van der Waals surface area contributed by atoms with Crippen LogP contribution in [0.2, 0.25) is 0 Å². The first-order valence-electron chi connectivity index (χ1n) is 10.3. The Bertz CT molecular complexity index is 1430. The number of benzene rings is 1. The maximum Gasteiger partial charge on any atom is 0.414 e. The van der Waals surface area contributed by atoms with Crippen LogP contribution in [-0.4, -0.2) is 54.4 Å². The number of sulfone groups is 1. The van der Waals surface area contributed by atoms with Crippen LogP contribution in [0.1, 0.15) is 26.3 Å². The number of H-pyrrole nitrogens is 1. The van der Waals surface area contributed by atoms with Crippen LogP contribution in [0.3, 0.4) is 0 Å². The largest absolute Gasteiger partial charge is 0.443 e. The number of nitrogens with zero attached hydrogens (tertiary/aromatic N) is 4. The molecule has 0 aliphatic carbocycles. The van der Waals surface area contributed by atoms with Crippen molar-refractivity contribution in [1.29, 1.82) is 0 Å². The number of ether oxygens (including phenoxy) is 1. The van der Waals surface area contributed by atoms with Gasteiger partial charge in [0.25, 0.3) is 5.56 Å². The fourth-order valence-corrected chi connectivity index (χ4v) is 4.24. The third-order valence-electron chi connectivity index (χ3n) is 5.11. The normalized spacial score (nSPS) is 14.3. The molecule has 0 bridgehead atoms. The molecule has 3 heterocycles. The van der Waals surface area contributed by atoms with E-state index in [0.717, 1.165) is 11.8 Å². The van der Waals surface area contributed by atoms with Crippen molar-refractivity contribution in [3.8, 4) is 0 Å². The number of para-hydroxylation sites is 1. The molecule has 11 heteroatoms. The van der Waals surface area contributed by atoms with E-state index in [1.165, 1.54) is 6.20 Å². The van der Waals surface area contributed by atoms with Gasteiger partial charge in [0.2, 0.25) is 15.0 Å². The van der Waals surface area contributed by atoms with Crippen LogP contribution in [0.5, 0.6) is 0 Å².